The zero-order valence-corrected chi connectivity index (χ0v) is 13.0. The van der Waals surface area contributed by atoms with E-state index in [-0.39, 0.29) is 6.09 Å². The summed E-state index contributed by atoms with van der Waals surface area (Å²) in [4.78, 5) is 13.9. The summed E-state index contributed by atoms with van der Waals surface area (Å²) in [7, 11) is 0. The minimum Gasteiger partial charge on any atom is -0.449 e. The molecule has 1 heterocycles. The monoisotopic (exact) mass is 269 g/mol. The Labute approximate surface area is 118 Å². The lowest BCUT2D eigenvalue weighted by molar-refractivity contribution is 0.0726. The second kappa shape index (κ2) is 9.22. The van der Waals surface area contributed by atoms with Gasteiger partial charge in [0.2, 0.25) is 0 Å². The molecule has 0 radical (unpaired) electrons. The number of ether oxygens (including phenoxy) is 1. The third-order valence-electron chi connectivity index (χ3n) is 4.44. The molecule has 1 unspecified atom stereocenters. The molecule has 112 valence electrons. The van der Waals surface area contributed by atoms with Gasteiger partial charge in [0, 0.05) is 13.1 Å². The van der Waals surface area contributed by atoms with E-state index in [0.29, 0.717) is 12.5 Å². The van der Waals surface area contributed by atoms with Crippen LogP contribution in [-0.2, 0) is 4.74 Å². The van der Waals surface area contributed by atoms with E-state index in [4.69, 9.17) is 4.74 Å². The van der Waals surface area contributed by atoms with Crippen LogP contribution in [0, 0.1) is 11.8 Å². The third-order valence-corrected chi connectivity index (χ3v) is 4.44. The van der Waals surface area contributed by atoms with Crippen LogP contribution in [0.1, 0.15) is 65.7 Å². The van der Waals surface area contributed by atoms with Crippen LogP contribution in [0.4, 0.5) is 4.79 Å². The first-order valence-corrected chi connectivity index (χ1v) is 8.12. The number of rotatable bonds is 7. The fraction of sp³-hybridized carbons (Fsp3) is 0.938. The summed E-state index contributed by atoms with van der Waals surface area (Å²) in [6, 6.07) is 0. The summed E-state index contributed by atoms with van der Waals surface area (Å²) in [5, 5.41) is 0. The van der Waals surface area contributed by atoms with E-state index in [0.717, 1.165) is 38.3 Å². The lowest BCUT2D eigenvalue weighted by Crippen LogP contribution is -2.39. The van der Waals surface area contributed by atoms with Crippen LogP contribution in [0.2, 0.25) is 0 Å². The smallest absolute Gasteiger partial charge is 0.409 e. The minimum atomic E-state index is -0.0931. The van der Waals surface area contributed by atoms with Crippen molar-refractivity contribution in [3.63, 3.8) is 0 Å². The van der Waals surface area contributed by atoms with Crippen LogP contribution < -0.4 is 0 Å². The van der Waals surface area contributed by atoms with Gasteiger partial charge in [-0.15, -0.1) is 0 Å². The molecule has 1 atom stereocenters. The normalized spacial score (nSPS) is 18.4. The van der Waals surface area contributed by atoms with E-state index in [1.165, 1.54) is 25.7 Å². The SMILES string of the molecule is CCCCC(CC)COC(=O)N1CCC(CC)CC1. The highest BCUT2D eigenvalue weighted by atomic mass is 16.6. The quantitative estimate of drug-likeness (QED) is 0.683. The molecule has 3 heteroatoms. The fourth-order valence-electron chi connectivity index (χ4n) is 2.70. The molecule has 1 aliphatic heterocycles. The van der Waals surface area contributed by atoms with Crippen molar-refractivity contribution in [3.8, 4) is 0 Å². The minimum absolute atomic E-state index is 0.0931. The Morgan fingerprint density at radius 2 is 1.95 bits per heavy atom. The molecule has 0 spiro atoms. The summed E-state index contributed by atoms with van der Waals surface area (Å²) in [6.07, 6.45) is 8.15. The highest BCUT2D eigenvalue weighted by molar-refractivity contribution is 5.67. The fourth-order valence-corrected chi connectivity index (χ4v) is 2.70. The van der Waals surface area contributed by atoms with Gasteiger partial charge in [0.1, 0.15) is 0 Å². The molecule has 1 fully saturated rings. The van der Waals surface area contributed by atoms with E-state index in [2.05, 4.69) is 20.8 Å². The molecule has 0 aromatic rings. The number of carbonyl (C=O) groups excluding carboxylic acids is 1. The van der Waals surface area contributed by atoms with E-state index < -0.39 is 0 Å². The Balaban J connectivity index is 2.23. The van der Waals surface area contributed by atoms with Gasteiger partial charge in [-0.3, -0.25) is 0 Å². The van der Waals surface area contributed by atoms with Crippen LogP contribution in [-0.4, -0.2) is 30.7 Å². The second-order valence-corrected chi connectivity index (χ2v) is 5.83. The molecular weight excluding hydrogens is 238 g/mol. The maximum absolute atomic E-state index is 12.0. The average Bonchev–Trinajstić information content (AvgIpc) is 2.47. The summed E-state index contributed by atoms with van der Waals surface area (Å²) in [5.41, 5.74) is 0. The predicted octanol–water partition coefficient (Wildman–Crippen LogP) is 4.46. The van der Waals surface area contributed by atoms with Crippen molar-refractivity contribution in [1.82, 2.24) is 4.90 Å². The van der Waals surface area contributed by atoms with Gasteiger partial charge in [-0.2, -0.15) is 0 Å². The molecule has 1 aliphatic rings. The van der Waals surface area contributed by atoms with Crippen LogP contribution in [0.15, 0.2) is 0 Å². The molecule has 0 N–H and O–H groups in total. The molecule has 1 amide bonds. The first-order chi connectivity index (χ1) is 9.21. The Morgan fingerprint density at radius 1 is 1.26 bits per heavy atom. The molecular formula is C16H31NO2. The first-order valence-electron chi connectivity index (χ1n) is 8.12. The van der Waals surface area contributed by atoms with Crippen LogP contribution in [0.25, 0.3) is 0 Å². The molecule has 0 bridgehead atoms. The van der Waals surface area contributed by atoms with Gasteiger partial charge in [0.25, 0.3) is 0 Å². The number of hydrogen-bond acceptors (Lipinski definition) is 2. The van der Waals surface area contributed by atoms with Crippen molar-refractivity contribution in [2.75, 3.05) is 19.7 Å². The number of unbranched alkanes of at least 4 members (excludes halogenated alkanes) is 1. The summed E-state index contributed by atoms with van der Waals surface area (Å²) in [5.74, 6) is 1.34. The number of piperidine rings is 1. The predicted molar refractivity (Wildman–Crippen MR) is 79.2 cm³/mol. The highest BCUT2D eigenvalue weighted by Crippen LogP contribution is 2.21. The molecule has 19 heavy (non-hydrogen) atoms. The molecule has 1 rings (SSSR count). The van der Waals surface area contributed by atoms with Crippen LogP contribution >= 0.6 is 0 Å². The Morgan fingerprint density at radius 3 is 2.47 bits per heavy atom. The van der Waals surface area contributed by atoms with Crippen molar-refractivity contribution < 1.29 is 9.53 Å². The van der Waals surface area contributed by atoms with Crippen molar-refractivity contribution in [1.29, 1.82) is 0 Å². The van der Waals surface area contributed by atoms with E-state index >= 15 is 0 Å². The molecule has 1 saturated heterocycles. The van der Waals surface area contributed by atoms with Gasteiger partial charge in [0.15, 0.2) is 0 Å². The van der Waals surface area contributed by atoms with Gasteiger partial charge in [-0.25, -0.2) is 4.79 Å². The zero-order chi connectivity index (χ0) is 14.1. The number of amides is 1. The average molecular weight is 269 g/mol. The van der Waals surface area contributed by atoms with Gasteiger partial charge in [-0.05, 0) is 31.1 Å². The van der Waals surface area contributed by atoms with E-state index in [1.807, 2.05) is 4.90 Å². The molecule has 0 saturated carbocycles. The van der Waals surface area contributed by atoms with Crippen molar-refractivity contribution in [2.45, 2.75) is 65.7 Å². The van der Waals surface area contributed by atoms with Crippen LogP contribution in [0.5, 0.6) is 0 Å². The number of carbonyl (C=O) groups is 1. The Bertz CT molecular complexity index is 247. The first kappa shape index (κ1) is 16.3. The summed E-state index contributed by atoms with van der Waals surface area (Å²) < 4.78 is 5.49. The molecule has 0 aromatic carbocycles. The topological polar surface area (TPSA) is 29.5 Å². The zero-order valence-electron chi connectivity index (χ0n) is 13.0. The second-order valence-electron chi connectivity index (χ2n) is 5.83. The number of nitrogens with zero attached hydrogens (tertiary/aromatic N) is 1. The summed E-state index contributed by atoms with van der Waals surface area (Å²) in [6.45, 7) is 8.98. The summed E-state index contributed by atoms with van der Waals surface area (Å²) >= 11 is 0. The number of hydrogen-bond donors (Lipinski definition) is 0. The van der Waals surface area contributed by atoms with Gasteiger partial charge in [-0.1, -0.05) is 46.5 Å². The maximum Gasteiger partial charge on any atom is 0.409 e. The molecule has 0 aliphatic carbocycles. The van der Waals surface area contributed by atoms with Gasteiger partial charge < -0.3 is 9.64 Å². The van der Waals surface area contributed by atoms with Crippen molar-refractivity contribution >= 4 is 6.09 Å². The Hall–Kier alpha value is -0.730. The van der Waals surface area contributed by atoms with E-state index in [1.54, 1.807) is 0 Å². The molecule has 3 nitrogen and oxygen atoms in total. The Kier molecular flexibility index (Phi) is 7.92. The third kappa shape index (κ3) is 5.84. The van der Waals surface area contributed by atoms with Gasteiger partial charge in [0.05, 0.1) is 6.61 Å². The standard InChI is InChI=1S/C16H31NO2/c1-4-7-8-15(6-3)13-19-16(18)17-11-9-14(5-2)10-12-17/h14-15H,4-13H2,1-3H3. The molecule has 0 aromatic heterocycles. The number of likely N-dealkylation sites (tertiary alicyclic amines) is 1. The van der Waals surface area contributed by atoms with Crippen molar-refractivity contribution in [3.05, 3.63) is 0 Å². The van der Waals surface area contributed by atoms with Crippen molar-refractivity contribution in [2.24, 2.45) is 11.8 Å². The van der Waals surface area contributed by atoms with E-state index in [9.17, 15) is 4.79 Å². The largest absolute Gasteiger partial charge is 0.449 e. The maximum atomic E-state index is 12.0. The lowest BCUT2D eigenvalue weighted by Gasteiger charge is -2.31. The highest BCUT2D eigenvalue weighted by Gasteiger charge is 2.23. The van der Waals surface area contributed by atoms with Gasteiger partial charge >= 0.3 is 6.09 Å². The van der Waals surface area contributed by atoms with Crippen LogP contribution in [0.3, 0.4) is 0 Å². The lowest BCUT2D eigenvalue weighted by atomic mass is 9.95.